The molecule has 0 spiro atoms. The van der Waals surface area contributed by atoms with Crippen molar-refractivity contribution in [3.63, 3.8) is 0 Å². The van der Waals surface area contributed by atoms with Gasteiger partial charge in [0.25, 0.3) is 5.91 Å². The molecule has 0 aliphatic carbocycles. The molecule has 2 N–H and O–H groups in total. The molecule has 1 amide bonds. The molecule has 3 aromatic rings. The second-order valence-corrected chi connectivity index (χ2v) is 7.37. The van der Waals surface area contributed by atoms with Crippen LogP contribution in [0.4, 0.5) is 5.69 Å². The number of halogens is 1. The minimum atomic E-state index is -0.174. The van der Waals surface area contributed by atoms with Gasteiger partial charge in [-0.2, -0.15) is 5.10 Å². The lowest BCUT2D eigenvalue weighted by molar-refractivity contribution is 0.102. The third-order valence-electron chi connectivity index (χ3n) is 5.16. The summed E-state index contributed by atoms with van der Waals surface area (Å²) >= 11 is 6.34. The van der Waals surface area contributed by atoms with Crippen molar-refractivity contribution < 1.29 is 4.79 Å². The Balaban J connectivity index is 1.77. The van der Waals surface area contributed by atoms with Crippen molar-refractivity contribution in [1.82, 2.24) is 20.1 Å². The van der Waals surface area contributed by atoms with Crippen molar-refractivity contribution in [2.75, 3.05) is 18.4 Å². The maximum atomic E-state index is 13.0. The molecule has 1 fully saturated rings. The van der Waals surface area contributed by atoms with Crippen LogP contribution < -0.4 is 10.6 Å². The van der Waals surface area contributed by atoms with Crippen LogP contribution in [-0.2, 0) is 0 Å². The summed E-state index contributed by atoms with van der Waals surface area (Å²) in [5, 5.41) is 11.6. The Kier molecular flexibility index (Phi) is 5.41. The summed E-state index contributed by atoms with van der Waals surface area (Å²) < 4.78 is 1.88. The van der Waals surface area contributed by atoms with Gasteiger partial charge < -0.3 is 10.6 Å². The van der Waals surface area contributed by atoms with E-state index in [0.717, 1.165) is 42.9 Å². The summed E-state index contributed by atoms with van der Waals surface area (Å²) in [5.41, 5.74) is 4.04. The number of anilines is 1. The van der Waals surface area contributed by atoms with Crippen LogP contribution in [0, 0.1) is 6.92 Å². The highest BCUT2D eigenvalue weighted by Gasteiger charge is 2.27. The van der Waals surface area contributed by atoms with Crippen LogP contribution in [0.25, 0.3) is 5.69 Å². The lowest BCUT2D eigenvalue weighted by atomic mass is 9.91. The van der Waals surface area contributed by atoms with Crippen molar-refractivity contribution >= 4 is 23.2 Å². The molecule has 7 heteroatoms. The minimum Gasteiger partial charge on any atom is -0.320 e. The molecule has 1 saturated heterocycles. The highest BCUT2D eigenvalue weighted by molar-refractivity contribution is 6.31. The fraction of sp³-hybridized carbons (Fsp3) is 0.286. The molecule has 144 valence electrons. The summed E-state index contributed by atoms with van der Waals surface area (Å²) in [6.07, 6.45) is 6.88. The number of benzene rings is 1. The van der Waals surface area contributed by atoms with Gasteiger partial charge in [-0.15, -0.1) is 0 Å². The van der Waals surface area contributed by atoms with Crippen LogP contribution in [0.2, 0.25) is 5.02 Å². The zero-order valence-corrected chi connectivity index (χ0v) is 16.4. The highest BCUT2D eigenvalue weighted by Crippen LogP contribution is 2.32. The second kappa shape index (κ2) is 8.12. The number of carbonyl (C=O) groups excluding carboxylic acids is 1. The first-order valence-electron chi connectivity index (χ1n) is 9.40. The third-order valence-corrected chi connectivity index (χ3v) is 5.57. The Morgan fingerprint density at radius 3 is 2.79 bits per heavy atom. The fourth-order valence-electron chi connectivity index (χ4n) is 3.67. The summed E-state index contributed by atoms with van der Waals surface area (Å²) in [4.78, 5) is 17.1. The van der Waals surface area contributed by atoms with E-state index in [0.29, 0.717) is 16.3 Å². The maximum Gasteiger partial charge on any atom is 0.259 e. The highest BCUT2D eigenvalue weighted by atomic mass is 35.5. The number of hydrogen-bond acceptors (Lipinski definition) is 4. The van der Waals surface area contributed by atoms with E-state index in [-0.39, 0.29) is 11.8 Å². The standard InChI is InChI=1S/C21H22ClN5O/c1-14-18(22)5-2-6-19(14)27-20(15-7-10-23-11-8-15)17(13-25-27)21(28)26-16-4-3-9-24-12-16/h2-6,9,12-13,15,23H,7-8,10-11H2,1H3,(H,26,28). The summed E-state index contributed by atoms with van der Waals surface area (Å²) in [6, 6.07) is 9.38. The molecule has 28 heavy (non-hydrogen) atoms. The number of carbonyl (C=O) groups is 1. The maximum absolute atomic E-state index is 13.0. The smallest absolute Gasteiger partial charge is 0.259 e. The zero-order valence-electron chi connectivity index (χ0n) is 15.7. The lowest BCUT2D eigenvalue weighted by Crippen LogP contribution is -2.29. The van der Waals surface area contributed by atoms with E-state index in [2.05, 4.69) is 20.7 Å². The Bertz CT molecular complexity index is 980. The Hall–Kier alpha value is -2.70. The van der Waals surface area contributed by atoms with E-state index in [1.807, 2.05) is 35.9 Å². The van der Waals surface area contributed by atoms with E-state index in [4.69, 9.17) is 11.6 Å². The Labute approximate surface area is 168 Å². The van der Waals surface area contributed by atoms with Gasteiger partial charge in [0.05, 0.1) is 35.0 Å². The van der Waals surface area contributed by atoms with Gasteiger partial charge in [-0.1, -0.05) is 17.7 Å². The van der Waals surface area contributed by atoms with Crippen molar-refractivity contribution in [1.29, 1.82) is 0 Å². The molecular formula is C21H22ClN5O. The quantitative estimate of drug-likeness (QED) is 0.701. The fourth-order valence-corrected chi connectivity index (χ4v) is 3.84. The van der Waals surface area contributed by atoms with Gasteiger partial charge in [-0.25, -0.2) is 4.68 Å². The van der Waals surface area contributed by atoms with Gasteiger partial charge in [-0.3, -0.25) is 9.78 Å². The average Bonchev–Trinajstić information content (AvgIpc) is 3.16. The molecule has 2 aromatic heterocycles. The number of aromatic nitrogens is 3. The molecule has 1 aliphatic heterocycles. The molecule has 1 aliphatic rings. The van der Waals surface area contributed by atoms with Gasteiger partial charge in [0.15, 0.2) is 0 Å². The van der Waals surface area contributed by atoms with Gasteiger partial charge in [0, 0.05) is 17.1 Å². The van der Waals surface area contributed by atoms with E-state index >= 15 is 0 Å². The molecule has 0 unspecified atom stereocenters. The SMILES string of the molecule is Cc1c(Cl)cccc1-n1ncc(C(=O)Nc2cccnc2)c1C1CCNCC1. The Morgan fingerprint density at radius 1 is 1.21 bits per heavy atom. The van der Waals surface area contributed by atoms with Crippen molar-refractivity contribution in [2.45, 2.75) is 25.7 Å². The molecule has 4 rings (SSSR count). The number of rotatable bonds is 4. The molecule has 0 bridgehead atoms. The zero-order chi connectivity index (χ0) is 19.5. The first-order chi connectivity index (χ1) is 13.6. The number of piperidine rings is 1. The summed E-state index contributed by atoms with van der Waals surface area (Å²) in [6.45, 7) is 3.82. The van der Waals surface area contributed by atoms with E-state index in [1.54, 1.807) is 24.7 Å². The van der Waals surface area contributed by atoms with Gasteiger partial charge in [-0.05, 0) is 62.7 Å². The largest absolute Gasteiger partial charge is 0.320 e. The number of nitrogens with one attached hydrogen (secondary N) is 2. The molecular weight excluding hydrogens is 374 g/mol. The van der Waals surface area contributed by atoms with Crippen molar-refractivity contribution in [2.24, 2.45) is 0 Å². The molecule has 3 heterocycles. The van der Waals surface area contributed by atoms with Gasteiger partial charge >= 0.3 is 0 Å². The molecule has 0 saturated carbocycles. The van der Waals surface area contributed by atoms with Gasteiger partial charge in [0.1, 0.15) is 0 Å². The van der Waals surface area contributed by atoms with E-state index < -0.39 is 0 Å². The van der Waals surface area contributed by atoms with Crippen LogP contribution in [0.1, 0.15) is 40.4 Å². The summed E-state index contributed by atoms with van der Waals surface area (Å²) in [5.74, 6) is 0.0734. The number of hydrogen-bond donors (Lipinski definition) is 2. The summed E-state index contributed by atoms with van der Waals surface area (Å²) in [7, 11) is 0. The van der Waals surface area contributed by atoms with Crippen molar-refractivity contribution in [3.8, 4) is 5.69 Å². The molecule has 1 aromatic carbocycles. The first-order valence-corrected chi connectivity index (χ1v) is 9.78. The predicted molar refractivity (Wildman–Crippen MR) is 110 cm³/mol. The lowest BCUT2D eigenvalue weighted by Gasteiger charge is -2.25. The molecule has 0 radical (unpaired) electrons. The van der Waals surface area contributed by atoms with Crippen LogP contribution in [0.5, 0.6) is 0 Å². The number of pyridine rings is 1. The minimum absolute atomic E-state index is 0.174. The van der Waals surface area contributed by atoms with E-state index in [1.165, 1.54) is 0 Å². The topological polar surface area (TPSA) is 71.8 Å². The van der Waals surface area contributed by atoms with Crippen LogP contribution in [-0.4, -0.2) is 33.8 Å². The van der Waals surface area contributed by atoms with Crippen LogP contribution >= 0.6 is 11.6 Å². The van der Waals surface area contributed by atoms with Crippen LogP contribution in [0.15, 0.2) is 48.9 Å². The number of amides is 1. The normalized spacial score (nSPS) is 14.8. The molecule has 6 nitrogen and oxygen atoms in total. The molecule has 0 atom stereocenters. The average molecular weight is 396 g/mol. The predicted octanol–water partition coefficient (Wildman–Crippen LogP) is 3.95. The first kappa shape index (κ1) is 18.7. The third kappa shape index (κ3) is 3.66. The Morgan fingerprint density at radius 2 is 2.04 bits per heavy atom. The monoisotopic (exact) mass is 395 g/mol. The van der Waals surface area contributed by atoms with Gasteiger partial charge in [0.2, 0.25) is 0 Å². The second-order valence-electron chi connectivity index (χ2n) is 6.96. The van der Waals surface area contributed by atoms with Crippen molar-refractivity contribution in [3.05, 3.63) is 70.8 Å². The van der Waals surface area contributed by atoms with E-state index in [9.17, 15) is 4.79 Å². The number of nitrogens with zero attached hydrogens (tertiary/aromatic N) is 3. The van der Waals surface area contributed by atoms with Crippen LogP contribution in [0.3, 0.4) is 0 Å².